The molecule has 166 valence electrons. The summed E-state index contributed by atoms with van der Waals surface area (Å²) < 4.78 is 10.4. The number of esters is 1. The van der Waals surface area contributed by atoms with Gasteiger partial charge in [0, 0.05) is 23.1 Å². The van der Waals surface area contributed by atoms with Crippen LogP contribution < -0.4 is 0 Å². The minimum Gasteiger partial charge on any atom is -0.458 e. The third-order valence-corrected chi connectivity index (χ3v) is 9.66. The van der Waals surface area contributed by atoms with E-state index in [1.54, 1.807) is 6.08 Å². The maximum atomic E-state index is 12.1. The Morgan fingerprint density at radius 1 is 1.20 bits per heavy atom. The summed E-state index contributed by atoms with van der Waals surface area (Å²) in [4.78, 5) is 22.8. The SMILES string of the molecule is CC12C(O)CC3C4CCC(OC(=O)Cl)CC4CCC3C1(O)CCC2C1=CC(=O)OC1. The molecule has 30 heavy (non-hydrogen) atoms. The van der Waals surface area contributed by atoms with E-state index in [1.165, 1.54) is 0 Å². The second kappa shape index (κ2) is 7.21. The third-order valence-electron chi connectivity index (χ3n) is 9.57. The van der Waals surface area contributed by atoms with Crippen molar-refractivity contribution in [2.75, 3.05) is 6.61 Å². The molecule has 0 aromatic heterocycles. The molecule has 0 amide bonds. The Balaban J connectivity index is 1.40. The van der Waals surface area contributed by atoms with Gasteiger partial charge in [0.1, 0.15) is 12.7 Å². The van der Waals surface area contributed by atoms with Crippen LogP contribution in [0.15, 0.2) is 11.6 Å². The van der Waals surface area contributed by atoms with Crippen LogP contribution in [0.25, 0.3) is 0 Å². The number of aliphatic hydroxyl groups is 2. The molecule has 1 heterocycles. The number of hydrogen-bond acceptors (Lipinski definition) is 6. The summed E-state index contributed by atoms with van der Waals surface area (Å²) in [6.07, 6.45) is 7.44. The van der Waals surface area contributed by atoms with Crippen molar-refractivity contribution in [3.8, 4) is 0 Å². The molecule has 7 heteroatoms. The second-order valence-electron chi connectivity index (χ2n) is 10.4. The number of carbonyl (C=O) groups is 2. The molecule has 0 aromatic rings. The van der Waals surface area contributed by atoms with Crippen molar-refractivity contribution < 1.29 is 29.3 Å². The van der Waals surface area contributed by atoms with Gasteiger partial charge in [0.05, 0.1) is 11.7 Å². The van der Waals surface area contributed by atoms with Gasteiger partial charge in [0.2, 0.25) is 0 Å². The van der Waals surface area contributed by atoms with Gasteiger partial charge in [-0.15, -0.1) is 0 Å². The molecule has 9 atom stereocenters. The molecule has 5 aliphatic rings. The lowest BCUT2D eigenvalue weighted by atomic mass is 9.46. The van der Waals surface area contributed by atoms with Crippen LogP contribution in [0.3, 0.4) is 0 Å². The van der Waals surface area contributed by atoms with Gasteiger partial charge in [-0.3, -0.25) is 0 Å². The molecule has 5 rings (SSSR count). The van der Waals surface area contributed by atoms with Crippen LogP contribution in [0.5, 0.6) is 0 Å². The van der Waals surface area contributed by atoms with Gasteiger partial charge in [-0.05, 0) is 86.5 Å². The van der Waals surface area contributed by atoms with Gasteiger partial charge in [-0.1, -0.05) is 6.92 Å². The van der Waals surface area contributed by atoms with E-state index in [-0.39, 0.29) is 36.4 Å². The minimum absolute atomic E-state index is 0.0264. The van der Waals surface area contributed by atoms with Crippen molar-refractivity contribution in [1.29, 1.82) is 0 Å². The highest BCUT2D eigenvalue weighted by atomic mass is 35.5. The summed E-state index contributed by atoms with van der Waals surface area (Å²) in [7, 11) is 0. The molecule has 0 aromatic carbocycles. The first-order valence-electron chi connectivity index (χ1n) is 11.4. The van der Waals surface area contributed by atoms with Crippen molar-refractivity contribution >= 4 is 23.0 Å². The minimum atomic E-state index is -0.934. The van der Waals surface area contributed by atoms with Crippen LogP contribution >= 0.6 is 11.6 Å². The smallest absolute Gasteiger partial charge is 0.404 e. The number of aliphatic hydroxyl groups excluding tert-OH is 1. The van der Waals surface area contributed by atoms with Crippen molar-refractivity contribution in [3.05, 3.63) is 11.6 Å². The van der Waals surface area contributed by atoms with Crippen molar-refractivity contribution in [1.82, 2.24) is 0 Å². The lowest BCUT2D eigenvalue weighted by Gasteiger charge is -2.61. The largest absolute Gasteiger partial charge is 0.458 e. The van der Waals surface area contributed by atoms with Crippen LogP contribution in [0.4, 0.5) is 4.79 Å². The monoisotopic (exact) mass is 438 g/mol. The van der Waals surface area contributed by atoms with Gasteiger partial charge in [-0.2, -0.15) is 0 Å². The van der Waals surface area contributed by atoms with Crippen LogP contribution in [-0.4, -0.2) is 46.0 Å². The number of halogens is 1. The number of rotatable bonds is 2. The third kappa shape index (κ3) is 2.90. The quantitative estimate of drug-likeness (QED) is 0.505. The van der Waals surface area contributed by atoms with Crippen LogP contribution in [0.2, 0.25) is 0 Å². The molecule has 2 N–H and O–H groups in total. The van der Waals surface area contributed by atoms with Gasteiger partial charge >= 0.3 is 11.4 Å². The van der Waals surface area contributed by atoms with Gasteiger partial charge in [-0.25, -0.2) is 9.59 Å². The van der Waals surface area contributed by atoms with Crippen LogP contribution in [-0.2, 0) is 14.3 Å². The molecule has 0 saturated heterocycles. The Morgan fingerprint density at radius 2 is 2.00 bits per heavy atom. The summed E-state index contributed by atoms with van der Waals surface area (Å²) in [6.45, 7) is 2.31. The first-order chi connectivity index (χ1) is 14.2. The molecule has 9 unspecified atom stereocenters. The summed E-state index contributed by atoms with van der Waals surface area (Å²) in [5.41, 5.74) is -1.40. The first-order valence-corrected chi connectivity index (χ1v) is 11.8. The van der Waals surface area contributed by atoms with E-state index >= 15 is 0 Å². The lowest BCUT2D eigenvalue weighted by Crippen LogP contribution is -2.65. The number of hydrogen-bond donors (Lipinski definition) is 2. The van der Waals surface area contributed by atoms with Crippen molar-refractivity contribution in [3.63, 3.8) is 0 Å². The van der Waals surface area contributed by atoms with E-state index in [0.29, 0.717) is 24.7 Å². The molecule has 0 bridgehead atoms. The van der Waals surface area contributed by atoms with E-state index < -0.39 is 22.5 Å². The van der Waals surface area contributed by atoms with E-state index in [2.05, 4.69) is 0 Å². The molecule has 4 aliphatic carbocycles. The molecule has 4 fully saturated rings. The predicted octanol–water partition coefficient (Wildman–Crippen LogP) is 3.57. The molecule has 0 radical (unpaired) electrons. The zero-order valence-corrected chi connectivity index (χ0v) is 18.1. The molecule has 4 saturated carbocycles. The van der Waals surface area contributed by atoms with Crippen LogP contribution in [0, 0.1) is 35.0 Å². The molecule has 6 nitrogen and oxygen atoms in total. The lowest BCUT2D eigenvalue weighted by molar-refractivity contribution is -0.228. The number of carbonyl (C=O) groups excluding carboxylic acids is 2. The summed E-state index contributed by atoms with van der Waals surface area (Å²) in [5.74, 6) is 0.971. The van der Waals surface area contributed by atoms with Gasteiger partial charge < -0.3 is 19.7 Å². The van der Waals surface area contributed by atoms with Gasteiger partial charge in [0.25, 0.3) is 0 Å². The Morgan fingerprint density at radius 3 is 2.70 bits per heavy atom. The summed E-state index contributed by atoms with van der Waals surface area (Å²) in [5, 5.41) is 23.5. The Kier molecular flexibility index (Phi) is 4.99. The normalized spacial score (nSPS) is 50.1. The predicted molar refractivity (Wildman–Crippen MR) is 109 cm³/mol. The first kappa shape index (κ1) is 20.8. The second-order valence-corrected chi connectivity index (χ2v) is 10.7. The van der Waals surface area contributed by atoms with Crippen molar-refractivity contribution in [2.45, 2.75) is 76.1 Å². The average molecular weight is 439 g/mol. The number of ether oxygens (including phenoxy) is 2. The maximum absolute atomic E-state index is 12.1. The average Bonchev–Trinajstić information content (AvgIpc) is 3.23. The topological polar surface area (TPSA) is 93.1 Å². The Hall–Kier alpha value is -1.11. The van der Waals surface area contributed by atoms with Gasteiger partial charge in [0.15, 0.2) is 0 Å². The standard InChI is InChI=1S/C23H31ClO6/c1-22-17(13-9-20(26)29-11-13)6-7-23(22,28)18-5-2-12-8-14(30-21(24)27)3-4-15(12)16(18)10-19(22)25/h9,12,14-19,25,28H,2-8,10-11H2,1H3. The fourth-order valence-corrected chi connectivity index (χ4v) is 8.35. The van der Waals surface area contributed by atoms with Crippen LogP contribution in [0.1, 0.15) is 58.3 Å². The zero-order chi connectivity index (χ0) is 21.3. The Labute approximate surface area is 181 Å². The Bertz CT molecular complexity index is 782. The maximum Gasteiger partial charge on any atom is 0.404 e. The molecule has 1 aliphatic heterocycles. The number of fused-ring (bicyclic) bond motifs is 5. The van der Waals surface area contributed by atoms with E-state index in [1.807, 2.05) is 6.92 Å². The highest BCUT2D eigenvalue weighted by Crippen LogP contribution is 2.67. The highest BCUT2D eigenvalue weighted by molar-refractivity contribution is 6.61. The fraction of sp³-hybridized carbons (Fsp3) is 0.826. The van der Waals surface area contributed by atoms with E-state index in [0.717, 1.165) is 44.1 Å². The number of cyclic esters (lactones) is 1. The molecular weight excluding hydrogens is 408 g/mol. The summed E-state index contributed by atoms with van der Waals surface area (Å²) >= 11 is 5.43. The molecular formula is C23H31ClO6. The van der Waals surface area contributed by atoms with Crippen molar-refractivity contribution in [2.24, 2.45) is 35.0 Å². The summed E-state index contributed by atoms with van der Waals surface area (Å²) in [6, 6.07) is 0. The molecule has 0 spiro atoms. The van der Waals surface area contributed by atoms with E-state index in [9.17, 15) is 19.8 Å². The highest BCUT2D eigenvalue weighted by Gasteiger charge is 2.69. The van der Waals surface area contributed by atoms with E-state index in [4.69, 9.17) is 21.1 Å². The fourth-order valence-electron chi connectivity index (χ4n) is 8.22. The zero-order valence-electron chi connectivity index (χ0n) is 17.4.